The van der Waals surface area contributed by atoms with Crippen LogP contribution in [-0.4, -0.2) is 29.8 Å². The molecule has 5 heteroatoms. The normalized spacial score (nSPS) is 11.3. The first-order valence-corrected chi connectivity index (χ1v) is 6.60. The maximum Gasteiger partial charge on any atom is 0.306 e. The van der Waals surface area contributed by atoms with Crippen molar-refractivity contribution in [1.82, 2.24) is 0 Å². The van der Waals surface area contributed by atoms with Crippen LogP contribution in [0.15, 0.2) is 34.3 Å². The van der Waals surface area contributed by atoms with E-state index in [1.807, 2.05) is 24.3 Å². The second-order valence-electron chi connectivity index (χ2n) is 3.83. The van der Waals surface area contributed by atoms with Crippen LogP contribution in [-0.2, 0) is 16.0 Å². The van der Waals surface area contributed by atoms with Gasteiger partial charge in [0.1, 0.15) is 0 Å². The molecule has 98 valence electrons. The topological polar surface area (TPSA) is 58.9 Å². The van der Waals surface area contributed by atoms with Gasteiger partial charge in [-0.25, -0.2) is 0 Å². The highest BCUT2D eigenvalue weighted by molar-refractivity contribution is 7.99. The first-order chi connectivity index (χ1) is 8.65. The summed E-state index contributed by atoms with van der Waals surface area (Å²) in [5.41, 5.74) is 1.78. The molecule has 0 unspecified atom stereocenters. The van der Waals surface area contributed by atoms with Crippen molar-refractivity contribution in [2.24, 2.45) is 5.16 Å². The quantitative estimate of drug-likeness (QED) is 0.283. The van der Waals surface area contributed by atoms with Crippen LogP contribution in [0.4, 0.5) is 0 Å². The van der Waals surface area contributed by atoms with Gasteiger partial charge in [-0.1, -0.05) is 17.3 Å². The number of hydrogen-bond acceptors (Lipinski definition) is 5. The van der Waals surface area contributed by atoms with Gasteiger partial charge in [0.05, 0.1) is 19.2 Å². The number of esters is 1. The van der Waals surface area contributed by atoms with E-state index in [9.17, 15) is 4.79 Å². The van der Waals surface area contributed by atoms with Gasteiger partial charge in [-0.15, -0.1) is 11.8 Å². The van der Waals surface area contributed by atoms with E-state index in [2.05, 4.69) is 9.89 Å². The molecule has 0 saturated carbocycles. The number of rotatable bonds is 6. The van der Waals surface area contributed by atoms with Crippen LogP contribution in [0.25, 0.3) is 0 Å². The van der Waals surface area contributed by atoms with E-state index in [1.54, 1.807) is 18.7 Å². The molecule has 1 aromatic rings. The summed E-state index contributed by atoms with van der Waals surface area (Å²) in [7, 11) is 1.40. The second-order valence-corrected chi connectivity index (χ2v) is 5.00. The molecule has 0 aromatic heterocycles. The van der Waals surface area contributed by atoms with Crippen molar-refractivity contribution >= 4 is 23.4 Å². The van der Waals surface area contributed by atoms with Gasteiger partial charge in [0, 0.05) is 17.1 Å². The van der Waals surface area contributed by atoms with E-state index in [-0.39, 0.29) is 5.97 Å². The largest absolute Gasteiger partial charge is 0.469 e. The summed E-state index contributed by atoms with van der Waals surface area (Å²) >= 11 is 1.62. The minimum absolute atomic E-state index is 0.186. The number of carbonyl (C=O) groups excluding carboxylic acids is 1. The van der Waals surface area contributed by atoms with Crippen LogP contribution in [0, 0.1) is 0 Å². The van der Waals surface area contributed by atoms with Crippen LogP contribution in [0.2, 0.25) is 0 Å². The summed E-state index contributed by atoms with van der Waals surface area (Å²) in [6.45, 7) is 1.78. The van der Waals surface area contributed by atoms with Gasteiger partial charge in [-0.2, -0.15) is 0 Å². The first-order valence-electron chi connectivity index (χ1n) is 5.61. The minimum Gasteiger partial charge on any atom is -0.469 e. The van der Waals surface area contributed by atoms with Crippen molar-refractivity contribution in [3.05, 3.63) is 29.8 Å². The van der Waals surface area contributed by atoms with Gasteiger partial charge in [0.15, 0.2) is 0 Å². The molecule has 0 fully saturated rings. The molecule has 1 N–H and O–H groups in total. The number of hydrogen-bond donors (Lipinski definition) is 1. The molecule has 0 aliphatic heterocycles. The third kappa shape index (κ3) is 5.23. The number of benzene rings is 1. The third-order valence-corrected chi connectivity index (χ3v) is 3.37. The van der Waals surface area contributed by atoms with Crippen LogP contribution in [0.5, 0.6) is 0 Å². The fraction of sp³-hybridized carbons (Fsp3) is 0.385. The molecular weight excluding hydrogens is 250 g/mol. The molecule has 1 rings (SSSR count). The Morgan fingerprint density at radius 3 is 2.61 bits per heavy atom. The van der Waals surface area contributed by atoms with Gasteiger partial charge >= 0.3 is 5.97 Å². The molecule has 1 aromatic carbocycles. The lowest BCUT2D eigenvalue weighted by molar-refractivity contribution is -0.140. The van der Waals surface area contributed by atoms with E-state index in [4.69, 9.17) is 5.21 Å². The van der Waals surface area contributed by atoms with Gasteiger partial charge in [0.2, 0.25) is 0 Å². The lowest BCUT2D eigenvalue weighted by Gasteiger charge is -2.03. The molecule has 4 nitrogen and oxygen atoms in total. The molecule has 18 heavy (non-hydrogen) atoms. The molecule has 0 bridgehead atoms. The number of thioether (sulfide) groups is 1. The van der Waals surface area contributed by atoms with Crippen LogP contribution >= 0.6 is 11.8 Å². The van der Waals surface area contributed by atoms with Gasteiger partial charge in [-0.3, -0.25) is 4.79 Å². The average Bonchev–Trinajstić information content (AvgIpc) is 2.40. The van der Waals surface area contributed by atoms with E-state index in [1.165, 1.54) is 7.11 Å². The molecule has 0 atom stereocenters. The maximum atomic E-state index is 10.9. The zero-order valence-electron chi connectivity index (χ0n) is 10.5. The Bertz CT molecular complexity index is 415. The van der Waals surface area contributed by atoms with E-state index in [0.29, 0.717) is 24.3 Å². The van der Waals surface area contributed by atoms with E-state index >= 15 is 0 Å². The predicted octanol–water partition coefficient (Wildman–Crippen LogP) is 2.73. The molecule has 0 spiro atoms. The number of oxime groups is 1. The molecule has 0 aliphatic rings. The summed E-state index contributed by atoms with van der Waals surface area (Å²) in [5, 5.41) is 11.7. The molecule has 0 amide bonds. The second kappa shape index (κ2) is 7.76. The van der Waals surface area contributed by atoms with Crippen LogP contribution in [0.3, 0.4) is 0 Å². The molecule has 0 radical (unpaired) electrons. The van der Waals surface area contributed by atoms with Crippen LogP contribution in [0.1, 0.15) is 18.9 Å². The monoisotopic (exact) mass is 267 g/mol. The third-order valence-electron chi connectivity index (χ3n) is 2.36. The smallest absolute Gasteiger partial charge is 0.306 e. The van der Waals surface area contributed by atoms with Crippen molar-refractivity contribution in [1.29, 1.82) is 0 Å². The Hall–Kier alpha value is -1.49. The van der Waals surface area contributed by atoms with Gasteiger partial charge in [0.25, 0.3) is 0 Å². The van der Waals surface area contributed by atoms with E-state index in [0.717, 1.165) is 10.5 Å². The summed E-state index contributed by atoms with van der Waals surface area (Å²) in [6, 6.07) is 7.99. The fourth-order valence-electron chi connectivity index (χ4n) is 1.39. The Balaban J connectivity index is 2.43. The average molecular weight is 267 g/mol. The number of methoxy groups -OCH3 is 1. The van der Waals surface area contributed by atoms with E-state index < -0.39 is 0 Å². The predicted molar refractivity (Wildman–Crippen MR) is 72.4 cm³/mol. The zero-order valence-corrected chi connectivity index (χ0v) is 11.4. The lowest BCUT2D eigenvalue weighted by atomic mass is 10.1. The highest BCUT2D eigenvalue weighted by atomic mass is 32.2. The highest BCUT2D eigenvalue weighted by Gasteiger charge is 2.02. The number of ether oxygens (including phenoxy) is 1. The Labute approximate surface area is 111 Å². The Kier molecular flexibility index (Phi) is 6.28. The summed E-state index contributed by atoms with van der Waals surface area (Å²) in [6.07, 6.45) is 1.06. The van der Waals surface area contributed by atoms with Crippen molar-refractivity contribution in [2.75, 3.05) is 12.9 Å². The highest BCUT2D eigenvalue weighted by Crippen LogP contribution is 2.19. The van der Waals surface area contributed by atoms with Crippen molar-refractivity contribution in [3.8, 4) is 0 Å². The Morgan fingerprint density at radius 1 is 1.39 bits per heavy atom. The number of nitrogens with zero attached hydrogens (tertiary/aromatic N) is 1. The van der Waals surface area contributed by atoms with Crippen molar-refractivity contribution in [2.45, 2.75) is 24.7 Å². The van der Waals surface area contributed by atoms with Gasteiger partial charge < -0.3 is 9.94 Å². The molecule has 0 heterocycles. The first kappa shape index (κ1) is 14.6. The molecular formula is C13H17NO3S. The van der Waals surface area contributed by atoms with Gasteiger partial charge in [-0.05, 0) is 24.6 Å². The summed E-state index contributed by atoms with van der Waals surface area (Å²) in [5.74, 6) is 0.525. The summed E-state index contributed by atoms with van der Waals surface area (Å²) in [4.78, 5) is 12.1. The fourth-order valence-corrected chi connectivity index (χ4v) is 2.22. The molecule has 0 aliphatic carbocycles. The maximum absolute atomic E-state index is 10.9. The molecule has 0 saturated heterocycles. The van der Waals surface area contributed by atoms with Crippen LogP contribution < -0.4 is 0 Å². The summed E-state index contributed by atoms with van der Waals surface area (Å²) < 4.78 is 4.57. The lowest BCUT2D eigenvalue weighted by Crippen LogP contribution is -2.01. The van der Waals surface area contributed by atoms with Crippen molar-refractivity contribution in [3.63, 3.8) is 0 Å². The Morgan fingerprint density at radius 2 is 2.06 bits per heavy atom. The standard InChI is InChI=1S/C13H17NO3S/c1-10(14-16)9-11-3-5-12(6-4-11)18-8-7-13(15)17-2/h3-6,16H,7-9H2,1-2H3. The number of carbonyl (C=O) groups is 1. The SMILES string of the molecule is COC(=O)CCSc1ccc(CC(C)=NO)cc1. The zero-order chi connectivity index (χ0) is 13.4. The van der Waals surface area contributed by atoms with Crippen molar-refractivity contribution < 1.29 is 14.7 Å². The minimum atomic E-state index is -0.186.